The fourth-order valence-corrected chi connectivity index (χ4v) is 3.46. The number of para-hydroxylation sites is 1. The number of hydrogen-bond acceptors (Lipinski definition) is 4. The van der Waals surface area contributed by atoms with E-state index >= 15 is 0 Å². The van der Waals surface area contributed by atoms with E-state index in [1.165, 1.54) is 24.3 Å². The van der Waals surface area contributed by atoms with E-state index in [1.807, 2.05) is 36.4 Å². The molecule has 1 aliphatic heterocycles. The second-order valence-electron chi connectivity index (χ2n) is 5.41. The zero-order valence-electron chi connectivity index (χ0n) is 12.9. The van der Waals surface area contributed by atoms with Gasteiger partial charge in [0.15, 0.2) is 0 Å². The number of benzene rings is 1. The maximum absolute atomic E-state index is 11.7. The molecule has 23 heavy (non-hydrogen) atoms. The molecule has 0 aliphatic carbocycles. The number of nitrogens with zero attached hydrogens (tertiary/aromatic N) is 2. The van der Waals surface area contributed by atoms with Crippen LogP contribution < -0.4 is 15.6 Å². The molecule has 1 aromatic heterocycles. The smallest absolute Gasteiger partial charge is 0.339 e. The van der Waals surface area contributed by atoms with Crippen LogP contribution in [-0.2, 0) is 0 Å². The summed E-state index contributed by atoms with van der Waals surface area (Å²) in [5.74, 6) is 0. The Morgan fingerprint density at radius 1 is 1.09 bits per heavy atom. The third-order valence-electron chi connectivity index (χ3n) is 3.67. The Morgan fingerprint density at radius 3 is 2.65 bits per heavy atom. The highest BCUT2D eigenvalue weighted by molar-refractivity contribution is 7.17. The highest BCUT2D eigenvalue weighted by Gasteiger charge is 2.12. The largest absolute Gasteiger partial charge is 0.363 e. The summed E-state index contributed by atoms with van der Waals surface area (Å²) in [4.78, 5) is 15.2. The van der Waals surface area contributed by atoms with Crippen molar-refractivity contribution >= 4 is 34.3 Å². The van der Waals surface area contributed by atoms with Crippen LogP contribution in [-0.4, -0.2) is 25.3 Å². The average molecular weight is 328 g/mol. The molecule has 0 radical (unpaired) electrons. The third kappa shape index (κ3) is 4.56. The second kappa shape index (κ2) is 7.78. The predicted molar refractivity (Wildman–Crippen MR) is 96.6 cm³/mol. The first-order chi connectivity index (χ1) is 11.3. The number of urea groups is 1. The molecule has 3 rings (SSSR count). The average Bonchev–Trinajstić information content (AvgIpc) is 3.05. The van der Waals surface area contributed by atoms with E-state index in [9.17, 15) is 4.79 Å². The number of hydrogen-bond donors (Lipinski definition) is 2. The molecule has 2 amide bonds. The Bertz CT molecular complexity index is 662. The molecular formula is C17H20N4OS. The molecule has 1 aromatic carbocycles. The maximum Gasteiger partial charge on any atom is 0.339 e. The van der Waals surface area contributed by atoms with Gasteiger partial charge >= 0.3 is 6.03 Å². The third-order valence-corrected chi connectivity index (χ3v) is 4.75. The summed E-state index contributed by atoms with van der Waals surface area (Å²) in [7, 11) is 0. The number of amides is 2. The maximum atomic E-state index is 11.7. The van der Waals surface area contributed by atoms with Crippen LogP contribution in [0.15, 0.2) is 47.6 Å². The van der Waals surface area contributed by atoms with Crippen LogP contribution in [0.5, 0.6) is 0 Å². The number of nitrogens with one attached hydrogen (secondary N) is 2. The van der Waals surface area contributed by atoms with Crippen LogP contribution >= 0.6 is 11.3 Å². The van der Waals surface area contributed by atoms with Gasteiger partial charge < -0.3 is 10.2 Å². The molecular weight excluding hydrogens is 308 g/mol. The molecule has 5 nitrogen and oxygen atoms in total. The van der Waals surface area contributed by atoms with Crippen molar-refractivity contribution in [2.24, 2.45) is 5.10 Å². The van der Waals surface area contributed by atoms with Gasteiger partial charge in [0.2, 0.25) is 0 Å². The van der Waals surface area contributed by atoms with Crippen LogP contribution in [0.25, 0.3) is 0 Å². The standard InChI is InChI=1S/C17H20N4OS/c22-17(19-14-7-3-1-4-8-14)20-18-13-15-9-10-16(23-15)21-11-5-2-6-12-21/h1,3-4,7-10,13H,2,5-6,11-12H2,(H2,19,20,22)/b18-13-. The first-order valence-electron chi connectivity index (χ1n) is 7.81. The fourth-order valence-electron chi connectivity index (χ4n) is 2.53. The molecule has 0 bridgehead atoms. The van der Waals surface area contributed by atoms with Crippen LogP contribution in [0.4, 0.5) is 15.5 Å². The predicted octanol–water partition coefficient (Wildman–Crippen LogP) is 3.89. The zero-order chi connectivity index (χ0) is 15.9. The normalized spacial score (nSPS) is 14.9. The molecule has 2 N–H and O–H groups in total. The number of piperidine rings is 1. The lowest BCUT2D eigenvalue weighted by molar-refractivity contribution is 0.252. The highest BCUT2D eigenvalue weighted by atomic mass is 32.1. The number of thiophene rings is 1. The van der Waals surface area contributed by atoms with E-state index in [1.54, 1.807) is 17.6 Å². The Kier molecular flexibility index (Phi) is 5.26. The van der Waals surface area contributed by atoms with E-state index in [0.29, 0.717) is 0 Å². The van der Waals surface area contributed by atoms with E-state index in [2.05, 4.69) is 26.8 Å². The summed E-state index contributed by atoms with van der Waals surface area (Å²) in [5, 5.41) is 8.00. The lowest BCUT2D eigenvalue weighted by Crippen LogP contribution is -2.28. The minimum absolute atomic E-state index is 0.347. The Morgan fingerprint density at radius 2 is 1.87 bits per heavy atom. The lowest BCUT2D eigenvalue weighted by Gasteiger charge is -2.27. The van der Waals surface area contributed by atoms with Crippen molar-refractivity contribution in [2.45, 2.75) is 19.3 Å². The summed E-state index contributed by atoms with van der Waals surface area (Å²) in [6, 6.07) is 13.1. The van der Waals surface area contributed by atoms with E-state index < -0.39 is 0 Å². The molecule has 1 aliphatic rings. The molecule has 120 valence electrons. The molecule has 0 spiro atoms. The van der Waals surface area contributed by atoms with Crippen LogP contribution in [0.3, 0.4) is 0 Å². The summed E-state index contributed by atoms with van der Waals surface area (Å²) in [6.45, 7) is 2.27. The van der Waals surface area contributed by atoms with Crippen molar-refractivity contribution in [3.63, 3.8) is 0 Å². The van der Waals surface area contributed by atoms with Gasteiger partial charge in [-0.05, 0) is 43.5 Å². The van der Waals surface area contributed by atoms with Crippen molar-refractivity contribution in [3.05, 3.63) is 47.3 Å². The molecule has 0 atom stereocenters. The minimum Gasteiger partial charge on any atom is -0.363 e. The molecule has 0 unspecified atom stereocenters. The fraction of sp³-hybridized carbons (Fsp3) is 0.294. The van der Waals surface area contributed by atoms with Gasteiger partial charge in [-0.2, -0.15) is 5.10 Å². The van der Waals surface area contributed by atoms with Crippen molar-refractivity contribution in [1.82, 2.24) is 5.43 Å². The molecule has 0 saturated carbocycles. The van der Waals surface area contributed by atoms with Gasteiger partial charge in [0, 0.05) is 23.7 Å². The van der Waals surface area contributed by atoms with Crippen LogP contribution in [0.1, 0.15) is 24.1 Å². The molecule has 6 heteroatoms. The summed E-state index contributed by atoms with van der Waals surface area (Å²) < 4.78 is 0. The summed E-state index contributed by atoms with van der Waals surface area (Å²) in [6.07, 6.45) is 5.55. The van der Waals surface area contributed by atoms with Crippen molar-refractivity contribution < 1.29 is 4.79 Å². The summed E-state index contributed by atoms with van der Waals surface area (Å²) in [5.41, 5.74) is 3.22. The van der Waals surface area contributed by atoms with E-state index in [-0.39, 0.29) is 6.03 Å². The van der Waals surface area contributed by atoms with Crippen molar-refractivity contribution in [1.29, 1.82) is 0 Å². The highest BCUT2D eigenvalue weighted by Crippen LogP contribution is 2.27. The Labute approximate surface area is 140 Å². The molecule has 1 saturated heterocycles. The quantitative estimate of drug-likeness (QED) is 0.661. The molecule has 1 fully saturated rings. The first-order valence-corrected chi connectivity index (χ1v) is 8.63. The second-order valence-corrected chi connectivity index (χ2v) is 6.51. The number of rotatable bonds is 4. The molecule has 2 heterocycles. The van der Waals surface area contributed by atoms with Crippen LogP contribution in [0, 0.1) is 0 Å². The summed E-state index contributed by atoms with van der Waals surface area (Å²) >= 11 is 1.70. The van der Waals surface area contributed by atoms with Gasteiger partial charge in [-0.25, -0.2) is 10.2 Å². The van der Waals surface area contributed by atoms with Gasteiger partial charge in [0.1, 0.15) is 0 Å². The minimum atomic E-state index is -0.347. The lowest BCUT2D eigenvalue weighted by atomic mass is 10.1. The number of carbonyl (C=O) groups is 1. The first kappa shape index (κ1) is 15.6. The number of carbonyl (C=O) groups excluding carboxylic acids is 1. The van der Waals surface area contributed by atoms with Crippen molar-refractivity contribution in [3.8, 4) is 0 Å². The zero-order valence-corrected chi connectivity index (χ0v) is 13.7. The Balaban J connectivity index is 1.50. The number of hydrazone groups is 1. The van der Waals surface area contributed by atoms with E-state index in [0.717, 1.165) is 23.7 Å². The van der Waals surface area contributed by atoms with Crippen LogP contribution in [0.2, 0.25) is 0 Å². The topological polar surface area (TPSA) is 56.7 Å². The number of anilines is 2. The van der Waals surface area contributed by atoms with Gasteiger partial charge in [0.25, 0.3) is 0 Å². The van der Waals surface area contributed by atoms with Crippen molar-refractivity contribution in [2.75, 3.05) is 23.3 Å². The molecule has 2 aromatic rings. The van der Waals surface area contributed by atoms with E-state index in [4.69, 9.17) is 0 Å². The van der Waals surface area contributed by atoms with Gasteiger partial charge in [-0.15, -0.1) is 11.3 Å². The van der Waals surface area contributed by atoms with Gasteiger partial charge in [-0.3, -0.25) is 0 Å². The van der Waals surface area contributed by atoms with Gasteiger partial charge in [0.05, 0.1) is 11.2 Å². The van der Waals surface area contributed by atoms with Gasteiger partial charge in [-0.1, -0.05) is 18.2 Å². The SMILES string of the molecule is O=C(N/N=C\c1ccc(N2CCCCC2)s1)Nc1ccccc1. The monoisotopic (exact) mass is 328 g/mol. The Hall–Kier alpha value is -2.34.